The van der Waals surface area contributed by atoms with E-state index in [0.29, 0.717) is 65.4 Å². The lowest BCUT2D eigenvalue weighted by molar-refractivity contribution is -0.127. The lowest BCUT2D eigenvalue weighted by atomic mass is 10.2. The molecule has 0 saturated carbocycles. The van der Waals surface area contributed by atoms with Crippen LogP contribution in [0.3, 0.4) is 0 Å². The van der Waals surface area contributed by atoms with Crippen LogP contribution in [0.1, 0.15) is 12.8 Å². The van der Waals surface area contributed by atoms with Crippen LogP contribution >= 0.6 is 0 Å². The minimum atomic E-state index is 0.187. The van der Waals surface area contributed by atoms with Gasteiger partial charge < -0.3 is 43.9 Å². The summed E-state index contributed by atoms with van der Waals surface area (Å²) < 4.78 is 24.0. The van der Waals surface area contributed by atoms with Crippen LogP contribution in [0.2, 0.25) is 0 Å². The standard InChI is InChI=1S/C30H36N8O5/c1-40-23-17-21(18-24(41-2)27(23)42-3)32-28-26-29(38(19-31-26)12-11-37-10-4-5-25(37)39)35-30(34-28)33-20-6-8-22(9-7-20)36-13-15-43-16-14-36/h6-9,17-19H,4-5,10-16H2,1-3H3,(H2,32,33,34,35). The monoisotopic (exact) mass is 588 g/mol. The molecule has 0 atom stereocenters. The molecule has 0 unspecified atom stereocenters. The second-order valence-electron chi connectivity index (χ2n) is 10.3. The number of likely N-dealkylation sites (tertiary alicyclic amines) is 1. The van der Waals surface area contributed by atoms with Crippen molar-refractivity contribution in [1.29, 1.82) is 0 Å². The number of nitrogens with one attached hydrogen (secondary N) is 2. The number of morpholine rings is 1. The third-order valence-electron chi connectivity index (χ3n) is 7.67. The minimum absolute atomic E-state index is 0.187. The van der Waals surface area contributed by atoms with Gasteiger partial charge in [0.25, 0.3) is 0 Å². The van der Waals surface area contributed by atoms with E-state index in [0.717, 1.165) is 50.6 Å². The Morgan fingerprint density at radius 1 is 0.884 bits per heavy atom. The average Bonchev–Trinajstić information content (AvgIpc) is 3.65. The van der Waals surface area contributed by atoms with Gasteiger partial charge >= 0.3 is 0 Å². The Bertz CT molecular complexity index is 1560. The predicted octanol–water partition coefficient (Wildman–Crippen LogP) is 3.80. The number of benzene rings is 2. The van der Waals surface area contributed by atoms with Gasteiger partial charge in [-0.15, -0.1) is 0 Å². The molecule has 2 aliphatic heterocycles. The van der Waals surface area contributed by atoms with E-state index in [4.69, 9.17) is 28.9 Å². The fourth-order valence-electron chi connectivity index (χ4n) is 5.42. The van der Waals surface area contributed by atoms with Crippen molar-refractivity contribution in [3.63, 3.8) is 0 Å². The van der Waals surface area contributed by atoms with Gasteiger partial charge in [0.1, 0.15) is 0 Å². The van der Waals surface area contributed by atoms with E-state index in [1.807, 2.05) is 33.7 Å². The van der Waals surface area contributed by atoms with E-state index in [1.165, 1.54) is 0 Å². The molecule has 0 bridgehead atoms. The molecule has 2 fully saturated rings. The summed E-state index contributed by atoms with van der Waals surface area (Å²) in [5.41, 5.74) is 3.90. The van der Waals surface area contributed by atoms with Crippen molar-refractivity contribution < 1.29 is 23.7 Å². The maximum absolute atomic E-state index is 12.2. The Kier molecular flexibility index (Phi) is 8.31. The lowest BCUT2D eigenvalue weighted by Gasteiger charge is -2.28. The summed E-state index contributed by atoms with van der Waals surface area (Å²) >= 11 is 0. The zero-order valence-electron chi connectivity index (χ0n) is 24.6. The molecule has 43 heavy (non-hydrogen) atoms. The van der Waals surface area contributed by atoms with Crippen molar-refractivity contribution in [2.45, 2.75) is 19.4 Å². The van der Waals surface area contributed by atoms with E-state index in [1.54, 1.807) is 27.7 Å². The van der Waals surface area contributed by atoms with Crippen molar-refractivity contribution in [2.75, 3.05) is 76.3 Å². The number of amides is 1. The van der Waals surface area contributed by atoms with Crippen LogP contribution in [0.25, 0.3) is 11.2 Å². The number of carbonyl (C=O) groups excluding carboxylic acids is 1. The number of hydrogen-bond donors (Lipinski definition) is 2. The number of carbonyl (C=O) groups is 1. The number of anilines is 5. The lowest BCUT2D eigenvalue weighted by Crippen LogP contribution is -2.36. The highest BCUT2D eigenvalue weighted by molar-refractivity contribution is 5.87. The molecule has 6 rings (SSSR count). The van der Waals surface area contributed by atoms with Gasteiger partial charge in [-0.25, -0.2) is 4.98 Å². The molecule has 4 heterocycles. The number of nitrogens with zero attached hydrogens (tertiary/aromatic N) is 6. The first-order valence-corrected chi connectivity index (χ1v) is 14.3. The topological polar surface area (TPSA) is 128 Å². The van der Waals surface area contributed by atoms with Gasteiger partial charge in [0.2, 0.25) is 17.6 Å². The van der Waals surface area contributed by atoms with E-state index in [9.17, 15) is 4.79 Å². The maximum atomic E-state index is 12.2. The van der Waals surface area contributed by atoms with E-state index < -0.39 is 0 Å². The highest BCUT2D eigenvalue weighted by Gasteiger charge is 2.21. The first-order valence-electron chi connectivity index (χ1n) is 14.3. The summed E-state index contributed by atoms with van der Waals surface area (Å²) in [7, 11) is 4.71. The number of fused-ring (bicyclic) bond motifs is 1. The smallest absolute Gasteiger partial charge is 0.231 e. The van der Waals surface area contributed by atoms with Gasteiger partial charge in [0.05, 0.1) is 40.9 Å². The molecule has 0 radical (unpaired) electrons. The van der Waals surface area contributed by atoms with Crippen molar-refractivity contribution in [3.05, 3.63) is 42.7 Å². The number of rotatable bonds is 11. The van der Waals surface area contributed by atoms with Crippen LogP contribution in [-0.4, -0.2) is 91.0 Å². The molecule has 0 spiro atoms. The minimum Gasteiger partial charge on any atom is -0.493 e. The van der Waals surface area contributed by atoms with Crippen LogP contribution in [0.5, 0.6) is 17.2 Å². The molecular weight excluding hydrogens is 552 g/mol. The Morgan fingerprint density at radius 3 is 2.28 bits per heavy atom. The Morgan fingerprint density at radius 2 is 1.63 bits per heavy atom. The molecule has 0 aliphatic carbocycles. The molecular formula is C30H36N8O5. The van der Waals surface area contributed by atoms with Gasteiger partial charge in [0, 0.05) is 68.3 Å². The fourth-order valence-corrected chi connectivity index (χ4v) is 5.42. The highest BCUT2D eigenvalue weighted by Crippen LogP contribution is 2.41. The van der Waals surface area contributed by atoms with Crippen LogP contribution in [0.4, 0.5) is 28.8 Å². The van der Waals surface area contributed by atoms with Crippen molar-refractivity contribution in [2.24, 2.45) is 0 Å². The number of imidazole rings is 1. The van der Waals surface area contributed by atoms with E-state index in [-0.39, 0.29) is 5.91 Å². The van der Waals surface area contributed by atoms with E-state index in [2.05, 4.69) is 32.7 Å². The third-order valence-corrected chi connectivity index (χ3v) is 7.67. The Balaban J connectivity index is 1.32. The molecule has 13 heteroatoms. The summed E-state index contributed by atoms with van der Waals surface area (Å²) in [5, 5.41) is 6.73. The summed E-state index contributed by atoms with van der Waals surface area (Å²) in [6, 6.07) is 11.8. The molecule has 2 aromatic carbocycles. The number of aromatic nitrogens is 4. The first kappa shape index (κ1) is 28.3. The Hall–Kier alpha value is -4.78. The molecule has 2 aliphatic rings. The summed E-state index contributed by atoms with van der Waals surface area (Å²) in [6.45, 7) is 5.14. The van der Waals surface area contributed by atoms with Crippen LogP contribution in [0, 0.1) is 0 Å². The summed E-state index contributed by atoms with van der Waals surface area (Å²) in [5.74, 6) is 2.60. The quantitative estimate of drug-likeness (QED) is 0.266. The predicted molar refractivity (Wildman–Crippen MR) is 163 cm³/mol. The third kappa shape index (κ3) is 6.07. The number of hydrogen-bond acceptors (Lipinski definition) is 11. The number of ether oxygens (including phenoxy) is 4. The molecule has 226 valence electrons. The van der Waals surface area contributed by atoms with Crippen molar-refractivity contribution >= 4 is 45.9 Å². The Labute approximate surface area is 249 Å². The first-order chi connectivity index (χ1) is 21.1. The zero-order valence-corrected chi connectivity index (χ0v) is 24.6. The fraction of sp³-hybridized carbons (Fsp3) is 0.400. The molecule has 2 N–H and O–H groups in total. The van der Waals surface area contributed by atoms with Crippen LogP contribution in [-0.2, 0) is 16.1 Å². The second-order valence-corrected chi connectivity index (χ2v) is 10.3. The highest BCUT2D eigenvalue weighted by atomic mass is 16.5. The van der Waals surface area contributed by atoms with Gasteiger partial charge in [-0.3, -0.25) is 4.79 Å². The largest absolute Gasteiger partial charge is 0.493 e. The second kappa shape index (κ2) is 12.6. The molecule has 4 aromatic rings. The van der Waals surface area contributed by atoms with Crippen LogP contribution < -0.4 is 29.7 Å². The van der Waals surface area contributed by atoms with Crippen LogP contribution in [0.15, 0.2) is 42.7 Å². The van der Waals surface area contributed by atoms with Gasteiger partial charge in [0.15, 0.2) is 28.5 Å². The van der Waals surface area contributed by atoms with Gasteiger partial charge in [-0.1, -0.05) is 0 Å². The molecule has 13 nitrogen and oxygen atoms in total. The van der Waals surface area contributed by atoms with Gasteiger partial charge in [-0.05, 0) is 30.7 Å². The van der Waals surface area contributed by atoms with Crippen molar-refractivity contribution in [3.8, 4) is 17.2 Å². The SMILES string of the molecule is COc1cc(Nc2nc(Nc3ccc(N4CCOCC4)cc3)nc3c2ncn3CCN2CCCC2=O)cc(OC)c1OC. The number of methoxy groups -OCH3 is 3. The summed E-state index contributed by atoms with van der Waals surface area (Å²) in [6.07, 6.45) is 3.24. The van der Waals surface area contributed by atoms with Gasteiger partial charge in [-0.2, -0.15) is 9.97 Å². The summed E-state index contributed by atoms with van der Waals surface area (Å²) in [4.78, 5) is 30.7. The molecule has 1 amide bonds. The maximum Gasteiger partial charge on any atom is 0.231 e. The van der Waals surface area contributed by atoms with Crippen molar-refractivity contribution in [1.82, 2.24) is 24.4 Å². The normalized spacial score (nSPS) is 15.2. The average molecular weight is 589 g/mol. The molecule has 2 aromatic heterocycles. The molecule has 2 saturated heterocycles. The van der Waals surface area contributed by atoms with E-state index >= 15 is 0 Å². The zero-order chi connectivity index (χ0) is 29.8.